The van der Waals surface area contributed by atoms with Crippen LogP contribution in [0.4, 0.5) is 0 Å². The number of aromatic nitrogens is 1. The van der Waals surface area contributed by atoms with E-state index in [0.29, 0.717) is 0 Å². The summed E-state index contributed by atoms with van der Waals surface area (Å²) in [6.45, 7) is 0. The average molecular weight is 402 g/mol. The molecule has 1 heteroatoms. The van der Waals surface area contributed by atoms with Crippen LogP contribution in [-0.2, 0) is 5.41 Å². The normalized spacial score (nSPS) is 32.0. The molecule has 1 heterocycles. The van der Waals surface area contributed by atoms with E-state index in [1.807, 2.05) is 6.20 Å². The van der Waals surface area contributed by atoms with Crippen LogP contribution in [0.2, 0.25) is 0 Å². The third kappa shape index (κ3) is 2.03. The van der Waals surface area contributed by atoms with Crippen molar-refractivity contribution < 1.29 is 0 Å². The number of rotatable bonds is 1. The maximum atomic E-state index is 3.40. The van der Waals surface area contributed by atoms with Crippen molar-refractivity contribution in [1.29, 1.82) is 0 Å². The van der Waals surface area contributed by atoms with Gasteiger partial charge in [0.25, 0.3) is 0 Å². The molecule has 9 rings (SSSR count). The van der Waals surface area contributed by atoms with Crippen LogP contribution < -0.4 is 0 Å². The predicted octanol–water partition coefficient (Wildman–Crippen LogP) is 7.56. The summed E-state index contributed by atoms with van der Waals surface area (Å²) in [6.07, 6.45) is 9.32. The van der Waals surface area contributed by atoms with Crippen LogP contribution in [0.3, 0.4) is 0 Å². The molecule has 4 bridgehead atoms. The highest BCUT2D eigenvalue weighted by Gasteiger charge is 2.61. The van der Waals surface area contributed by atoms with Gasteiger partial charge in [0.1, 0.15) is 0 Å². The molecule has 3 aromatic carbocycles. The minimum atomic E-state index is 0.256. The third-order valence-electron chi connectivity index (χ3n) is 9.44. The lowest BCUT2D eigenvalue weighted by atomic mass is 9.43. The summed E-state index contributed by atoms with van der Waals surface area (Å²) in [5.74, 6) is 3.63. The summed E-state index contributed by atoms with van der Waals surface area (Å²) in [7, 11) is 0. The van der Waals surface area contributed by atoms with Gasteiger partial charge in [-0.05, 0) is 113 Å². The molecule has 4 fully saturated rings. The van der Waals surface area contributed by atoms with Gasteiger partial charge in [0, 0.05) is 17.1 Å². The van der Waals surface area contributed by atoms with Gasteiger partial charge in [0.2, 0.25) is 0 Å². The van der Waals surface area contributed by atoms with Crippen LogP contribution in [0.1, 0.15) is 43.2 Å². The zero-order valence-electron chi connectivity index (χ0n) is 17.8. The van der Waals surface area contributed by atoms with Gasteiger partial charge in [-0.3, -0.25) is 0 Å². The summed E-state index contributed by atoms with van der Waals surface area (Å²) in [5.41, 5.74) is 10.5. The van der Waals surface area contributed by atoms with Crippen molar-refractivity contribution in [1.82, 2.24) is 4.98 Å². The molecule has 4 saturated carbocycles. The van der Waals surface area contributed by atoms with Crippen LogP contribution in [0.25, 0.3) is 33.2 Å². The van der Waals surface area contributed by atoms with E-state index < -0.39 is 0 Å². The Morgan fingerprint density at radius 3 is 2.19 bits per heavy atom. The smallest absolute Gasteiger partial charge is 0.0460 e. The summed E-state index contributed by atoms with van der Waals surface area (Å²) in [4.78, 5) is 3.40. The van der Waals surface area contributed by atoms with Gasteiger partial charge in [-0.1, -0.05) is 48.5 Å². The van der Waals surface area contributed by atoms with E-state index in [1.165, 1.54) is 65.3 Å². The largest absolute Gasteiger partial charge is 0.361 e. The Morgan fingerprint density at radius 1 is 0.645 bits per heavy atom. The van der Waals surface area contributed by atoms with Gasteiger partial charge >= 0.3 is 0 Å². The zero-order valence-corrected chi connectivity index (χ0v) is 17.8. The molecule has 0 radical (unpaired) electrons. The molecule has 0 unspecified atom stereocenters. The van der Waals surface area contributed by atoms with Crippen LogP contribution >= 0.6 is 0 Å². The molecule has 1 aromatic heterocycles. The predicted molar refractivity (Wildman–Crippen MR) is 127 cm³/mol. The van der Waals surface area contributed by atoms with E-state index in [2.05, 4.69) is 71.7 Å². The first-order valence-corrected chi connectivity index (χ1v) is 12.1. The Bertz CT molecular complexity index is 1330. The molecule has 5 aliphatic rings. The summed E-state index contributed by atoms with van der Waals surface area (Å²) >= 11 is 0. The molecule has 1 N–H and O–H groups in total. The summed E-state index contributed by atoms with van der Waals surface area (Å²) < 4.78 is 0. The van der Waals surface area contributed by atoms with Crippen LogP contribution in [0, 0.1) is 23.7 Å². The van der Waals surface area contributed by atoms with E-state index in [9.17, 15) is 0 Å². The number of aromatic amines is 1. The number of H-pyrrole nitrogens is 1. The Kier molecular flexibility index (Phi) is 3.10. The van der Waals surface area contributed by atoms with Crippen molar-refractivity contribution >= 4 is 10.9 Å². The van der Waals surface area contributed by atoms with E-state index in [0.717, 1.165) is 23.7 Å². The van der Waals surface area contributed by atoms with Crippen LogP contribution in [0.15, 0.2) is 72.9 Å². The molecule has 31 heavy (non-hydrogen) atoms. The van der Waals surface area contributed by atoms with Gasteiger partial charge in [-0.25, -0.2) is 0 Å². The fourth-order valence-electron chi connectivity index (χ4n) is 8.56. The highest BCUT2D eigenvalue weighted by molar-refractivity contribution is 5.88. The number of hydrogen-bond acceptors (Lipinski definition) is 0. The molecule has 1 spiro atoms. The molecule has 1 nitrogen and oxygen atoms in total. The fraction of sp³-hybridized carbons (Fsp3) is 0.333. The van der Waals surface area contributed by atoms with Crippen molar-refractivity contribution in [3.05, 3.63) is 84.1 Å². The SMILES string of the molecule is c1ccc2c(c1)-c1ccc(-c3ccc4cc[nH]c4c3)cc1C21C2CC3CC(C2)CC1C3. The maximum Gasteiger partial charge on any atom is 0.0460 e. The molecule has 0 amide bonds. The molecule has 0 saturated heterocycles. The first-order chi connectivity index (χ1) is 15.3. The first-order valence-electron chi connectivity index (χ1n) is 12.1. The standard InChI is InChI=1S/C30H27N/c1-2-4-27-25(3-1)26-8-7-21(22-6-5-20-9-10-31-29(20)17-22)16-28(26)30(27)23-12-18-11-19(14-23)15-24(30)13-18/h1-10,16-19,23-24,31H,11-15H2. The highest BCUT2D eigenvalue weighted by Crippen LogP contribution is 2.69. The molecule has 152 valence electrons. The lowest BCUT2D eigenvalue weighted by Crippen LogP contribution is -2.55. The van der Waals surface area contributed by atoms with Crippen molar-refractivity contribution in [3.63, 3.8) is 0 Å². The summed E-state index contributed by atoms with van der Waals surface area (Å²) in [6, 6.07) is 25.8. The maximum absolute atomic E-state index is 3.40. The van der Waals surface area contributed by atoms with Crippen molar-refractivity contribution in [2.24, 2.45) is 23.7 Å². The number of benzene rings is 3. The van der Waals surface area contributed by atoms with Gasteiger partial charge < -0.3 is 4.98 Å². The third-order valence-corrected chi connectivity index (χ3v) is 9.44. The minimum Gasteiger partial charge on any atom is -0.361 e. The van der Waals surface area contributed by atoms with E-state index in [-0.39, 0.29) is 5.41 Å². The Hall–Kier alpha value is -2.80. The van der Waals surface area contributed by atoms with E-state index in [4.69, 9.17) is 0 Å². The monoisotopic (exact) mass is 401 g/mol. The molecule has 0 aliphatic heterocycles. The highest BCUT2D eigenvalue weighted by atomic mass is 14.7. The van der Waals surface area contributed by atoms with Crippen molar-refractivity contribution in [2.45, 2.75) is 37.5 Å². The van der Waals surface area contributed by atoms with Gasteiger partial charge in [0.05, 0.1) is 0 Å². The van der Waals surface area contributed by atoms with Crippen molar-refractivity contribution in [3.8, 4) is 22.3 Å². The van der Waals surface area contributed by atoms with E-state index in [1.54, 1.807) is 11.1 Å². The minimum absolute atomic E-state index is 0.256. The molecule has 5 aliphatic carbocycles. The Morgan fingerprint density at radius 2 is 1.35 bits per heavy atom. The van der Waals surface area contributed by atoms with Crippen LogP contribution in [0.5, 0.6) is 0 Å². The second kappa shape index (κ2) is 5.71. The lowest BCUT2D eigenvalue weighted by Gasteiger charge is -2.61. The summed E-state index contributed by atoms with van der Waals surface area (Å²) in [5, 5.41) is 1.29. The van der Waals surface area contributed by atoms with Crippen LogP contribution in [-0.4, -0.2) is 4.98 Å². The van der Waals surface area contributed by atoms with Gasteiger partial charge in [-0.15, -0.1) is 0 Å². The topological polar surface area (TPSA) is 15.8 Å². The van der Waals surface area contributed by atoms with Gasteiger partial charge in [-0.2, -0.15) is 0 Å². The Balaban J connectivity index is 1.37. The Labute approximate surface area is 183 Å². The first kappa shape index (κ1) is 16.8. The quantitative estimate of drug-likeness (QED) is 0.339. The average Bonchev–Trinajstić information content (AvgIpc) is 3.37. The number of hydrogen-bond donors (Lipinski definition) is 1. The number of fused-ring (bicyclic) bond motifs is 4. The molecular weight excluding hydrogens is 374 g/mol. The second-order valence-electron chi connectivity index (χ2n) is 10.8. The van der Waals surface area contributed by atoms with E-state index >= 15 is 0 Å². The molecule has 0 atom stereocenters. The molecule has 4 aromatic rings. The van der Waals surface area contributed by atoms with Gasteiger partial charge in [0.15, 0.2) is 0 Å². The van der Waals surface area contributed by atoms with Crippen molar-refractivity contribution in [2.75, 3.05) is 0 Å². The second-order valence-corrected chi connectivity index (χ2v) is 10.8. The zero-order chi connectivity index (χ0) is 20.2. The number of nitrogens with one attached hydrogen (secondary N) is 1. The lowest BCUT2D eigenvalue weighted by molar-refractivity contribution is -0.0399. The fourth-order valence-corrected chi connectivity index (χ4v) is 8.56. The molecular formula is C30H27N.